The highest BCUT2D eigenvalue weighted by Gasteiger charge is 2.36. The zero-order valence-electron chi connectivity index (χ0n) is 29.7. The normalized spacial score (nSPS) is 33.5. The summed E-state index contributed by atoms with van der Waals surface area (Å²) < 4.78 is 0. The zero-order valence-corrected chi connectivity index (χ0v) is 29.7. The van der Waals surface area contributed by atoms with E-state index in [1.54, 1.807) is 0 Å². The van der Waals surface area contributed by atoms with Crippen molar-refractivity contribution >= 4 is 23.9 Å². The van der Waals surface area contributed by atoms with E-state index in [0.717, 1.165) is 77.0 Å². The van der Waals surface area contributed by atoms with Crippen LogP contribution in [0.4, 0.5) is 0 Å². The minimum Gasteiger partial charge on any atom is -0.481 e. The molecule has 0 spiro atoms. The van der Waals surface area contributed by atoms with Crippen LogP contribution in [0.1, 0.15) is 103 Å². The molecule has 8 unspecified atom stereocenters. The predicted octanol–water partition coefficient (Wildman–Crippen LogP) is -2.38. The van der Waals surface area contributed by atoms with Crippen molar-refractivity contribution in [1.82, 2.24) is 63.8 Å². The van der Waals surface area contributed by atoms with Gasteiger partial charge < -0.3 is 20.4 Å². The molecule has 0 aromatic carbocycles. The van der Waals surface area contributed by atoms with Crippen molar-refractivity contribution in [1.29, 1.82) is 0 Å². The monoisotopic (exact) mass is 740 g/mol. The lowest BCUT2D eigenvalue weighted by molar-refractivity contribution is -0.146. The van der Waals surface area contributed by atoms with Gasteiger partial charge in [-0.25, -0.2) is 0 Å². The summed E-state index contributed by atoms with van der Waals surface area (Å²) in [4.78, 5) is 46.3. The fourth-order valence-electron chi connectivity index (χ4n) is 7.96. The summed E-state index contributed by atoms with van der Waals surface area (Å²) in [6.45, 7) is 0. The predicted molar refractivity (Wildman–Crippen MR) is 187 cm³/mol. The third-order valence-electron chi connectivity index (χ3n) is 10.6. The molecule has 296 valence electrons. The number of aliphatic carboxylic acids is 4. The highest BCUT2D eigenvalue weighted by atomic mass is 16.4. The lowest BCUT2D eigenvalue weighted by Gasteiger charge is -2.45. The van der Waals surface area contributed by atoms with Crippen molar-refractivity contribution in [3.05, 3.63) is 0 Å². The maximum atomic E-state index is 11.8. The van der Waals surface area contributed by atoms with Crippen molar-refractivity contribution in [3.63, 3.8) is 0 Å². The van der Waals surface area contributed by atoms with E-state index in [4.69, 9.17) is 0 Å². The molecule has 3 saturated carbocycles. The third kappa shape index (κ3) is 13.4. The molecule has 20 nitrogen and oxygen atoms in total. The molecule has 2 heterocycles. The smallest absolute Gasteiger partial charge is 0.321 e. The molecule has 2 aliphatic heterocycles. The van der Waals surface area contributed by atoms with E-state index in [1.807, 2.05) is 0 Å². The van der Waals surface area contributed by atoms with Crippen LogP contribution in [0.15, 0.2) is 0 Å². The Kier molecular flexibility index (Phi) is 15.8. The van der Waals surface area contributed by atoms with Crippen LogP contribution in [0, 0.1) is 0 Å². The molecule has 2 saturated heterocycles. The van der Waals surface area contributed by atoms with Crippen LogP contribution in [-0.4, -0.2) is 118 Å². The molecule has 0 aromatic heterocycles. The van der Waals surface area contributed by atoms with Gasteiger partial charge in [-0.2, -0.15) is 0 Å². The maximum Gasteiger partial charge on any atom is 0.321 e. The number of carbonyl (C=O) groups is 4. The maximum absolute atomic E-state index is 11.8. The van der Waals surface area contributed by atoms with Gasteiger partial charge in [0.2, 0.25) is 0 Å². The Bertz CT molecular complexity index is 1080. The number of nitrogens with one attached hydrogen (secondary N) is 12. The van der Waals surface area contributed by atoms with E-state index >= 15 is 0 Å². The van der Waals surface area contributed by atoms with E-state index in [0.29, 0.717) is 12.1 Å². The minimum atomic E-state index is -1.28. The number of carboxylic acids is 4. The van der Waals surface area contributed by atoms with Gasteiger partial charge in [-0.05, 0) is 51.4 Å². The van der Waals surface area contributed by atoms with Crippen LogP contribution in [0.3, 0.4) is 0 Å². The Morgan fingerprint density at radius 1 is 0.423 bits per heavy atom. The highest BCUT2D eigenvalue weighted by molar-refractivity contribution is 5.81. The summed E-state index contributed by atoms with van der Waals surface area (Å²) in [5, 5.41) is 78.3. The average molecular weight is 741 g/mol. The van der Waals surface area contributed by atoms with Crippen LogP contribution >= 0.6 is 0 Å². The van der Waals surface area contributed by atoms with Crippen LogP contribution in [0.5, 0.6) is 0 Å². The van der Waals surface area contributed by atoms with Crippen LogP contribution in [-0.2, 0) is 19.2 Å². The van der Waals surface area contributed by atoms with Crippen molar-refractivity contribution < 1.29 is 39.6 Å². The molecule has 8 atom stereocenters. The highest BCUT2D eigenvalue weighted by Crippen LogP contribution is 2.21. The van der Waals surface area contributed by atoms with E-state index in [9.17, 15) is 39.6 Å². The summed E-state index contributed by atoms with van der Waals surface area (Å²) in [7, 11) is 0. The number of rotatable bonds is 18. The molecule has 20 heteroatoms. The van der Waals surface area contributed by atoms with Gasteiger partial charge in [0.1, 0.15) is 49.8 Å². The molecule has 16 N–H and O–H groups in total. The van der Waals surface area contributed by atoms with Gasteiger partial charge in [-0.3, -0.25) is 83.0 Å². The minimum absolute atomic E-state index is 0.142. The van der Waals surface area contributed by atoms with Gasteiger partial charge in [-0.15, -0.1) is 0 Å². The molecule has 5 fully saturated rings. The Hall–Kier alpha value is -2.60. The molecule has 3 aliphatic carbocycles. The second-order valence-electron chi connectivity index (χ2n) is 14.8. The van der Waals surface area contributed by atoms with Crippen molar-refractivity contribution in [2.45, 2.75) is 177 Å². The molecular weight excluding hydrogens is 680 g/mol. The van der Waals surface area contributed by atoms with Gasteiger partial charge in [0.25, 0.3) is 0 Å². The molecule has 52 heavy (non-hydrogen) atoms. The Labute approximate surface area is 303 Å². The lowest BCUT2D eigenvalue weighted by Crippen LogP contribution is -2.79. The number of carboxylic acid groups (broad SMARTS) is 4. The molecule has 5 aliphatic rings. The van der Waals surface area contributed by atoms with E-state index in [1.165, 1.54) is 12.8 Å². The first kappa shape index (κ1) is 40.6. The summed E-state index contributed by atoms with van der Waals surface area (Å²) >= 11 is 0. The van der Waals surface area contributed by atoms with E-state index < -0.39 is 74.0 Å². The van der Waals surface area contributed by atoms with Crippen LogP contribution in [0.2, 0.25) is 0 Å². The van der Waals surface area contributed by atoms with E-state index in [-0.39, 0.29) is 24.7 Å². The van der Waals surface area contributed by atoms with Gasteiger partial charge in [0.15, 0.2) is 0 Å². The lowest BCUT2D eigenvalue weighted by atomic mass is 9.91. The summed E-state index contributed by atoms with van der Waals surface area (Å²) in [6.07, 6.45) is 10.6. The Morgan fingerprint density at radius 2 is 0.692 bits per heavy atom. The first-order valence-electron chi connectivity index (χ1n) is 19.0. The van der Waals surface area contributed by atoms with Crippen LogP contribution in [0.25, 0.3) is 0 Å². The molecule has 0 bridgehead atoms. The Morgan fingerprint density at radius 3 is 0.962 bits per heavy atom. The molecule has 0 radical (unpaired) electrons. The SMILES string of the molecule is O=C(O)CC(NC1NC(NC2CCCCC2)NC(NC2CCC(NC3NC(NC4CCCCC4)NC(NC(CC(=O)O)C(=O)O)N3)CC2)N1)C(=O)O. The summed E-state index contributed by atoms with van der Waals surface area (Å²) in [5.74, 6) is -4.89. The largest absolute Gasteiger partial charge is 0.481 e. The standard InChI is InChI=1S/C32H60N12O8/c45-23(46)15-21(25(49)50)37-31-41-27(33-17-7-3-1-4-8-17)39-29(43-31)35-19-11-13-20(14-12-19)36-30-40-28(34-18-9-5-2-6-10-18)42-32(44-30)38-22(26(51)52)16-24(47)48/h17-22,27-44H,1-16H2,(H,45,46)(H,47,48)(H,49,50)(H,51,52). The van der Waals surface area contributed by atoms with Crippen molar-refractivity contribution in [2.75, 3.05) is 0 Å². The van der Waals surface area contributed by atoms with Crippen molar-refractivity contribution in [3.8, 4) is 0 Å². The van der Waals surface area contributed by atoms with Gasteiger partial charge in [0.05, 0.1) is 12.8 Å². The first-order valence-corrected chi connectivity index (χ1v) is 19.0. The third-order valence-corrected chi connectivity index (χ3v) is 10.6. The van der Waals surface area contributed by atoms with Crippen molar-refractivity contribution in [2.24, 2.45) is 0 Å². The number of hydrogen-bond acceptors (Lipinski definition) is 16. The summed E-state index contributed by atoms with van der Waals surface area (Å²) in [6, 6.07) is -1.66. The summed E-state index contributed by atoms with van der Waals surface area (Å²) in [5.41, 5.74) is 0. The second-order valence-corrected chi connectivity index (χ2v) is 14.8. The molecule has 0 aromatic rings. The average Bonchev–Trinajstić information content (AvgIpc) is 3.09. The fourth-order valence-corrected chi connectivity index (χ4v) is 7.96. The second kappa shape index (κ2) is 20.2. The van der Waals surface area contributed by atoms with E-state index in [2.05, 4.69) is 63.8 Å². The zero-order chi connectivity index (χ0) is 37.0. The molecule has 5 rings (SSSR count). The molecule has 0 amide bonds. The Balaban J connectivity index is 1.15. The first-order chi connectivity index (χ1) is 25.0. The fraction of sp³-hybridized carbons (Fsp3) is 0.875. The molecular formula is C32H60N12O8. The van der Waals surface area contributed by atoms with Crippen LogP contribution < -0.4 is 63.8 Å². The number of hydrogen-bond donors (Lipinski definition) is 16. The topological polar surface area (TPSA) is 294 Å². The van der Waals surface area contributed by atoms with Gasteiger partial charge >= 0.3 is 23.9 Å². The van der Waals surface area contributed by atoms with Gasteiger partial charge in [0, 0.05) is 24.2 Å². The van der Waals surface area contributed by atoms with Gasteiger partial charge in [-0.1, -0.05) is 38.5 Å². The quantitative estimate of drug-likeness (QED) is 0.0698.